The molecule has 1 unspecified atom stereocenters. The van der Waals surface area contributed by atoms with E-state index in [4.69, 9.17) is 9.47 Å². The SMILES string of the molecule is CC(=O)OCC(O)[C@]1(C)CC(=O)[C@@H]2[C@@]3(C)CCCC(C)(C)[C@@H]3CC[C@@]2(C)O1. The van der Waals surface area contributed by atoms with Gasteiger partial charge in [0, 0.05) is 13.3 Å². The molecule has 5 heteroatoms. The number of esters is 1. The fraction of sp³-hybridized carbons (Fsp3) is 0.909. The maximum absolute atomic E-state index is 13.5. The lowest BCUT2D eigenvalue weighted by Crippen LogP contribution is -2.68. The molecule has 0 spiro atoms. The number of carbonyl (C=O) groups excluding carboxylic acids is 2. The van der Waals surface area contributed by atoms with Gasteiger partial charge >= 0.3 is 5.97 Å². The molecule has 2 saturated carbocycles. The van der Waals surface area contributed by atoms with Gasteiger partial charge in [-0.1, -0.05) is 27.2 Å². The van der Waals surface area contributed by atoms with E-state index in [1.807, 2.05) is 0 Å². The van der Waals surface area contributed by atoms with Crippen molar-refractivity contribution in [2.24, 2.45) is 22.7 Å². The number of ketones is 1. The number of Topliss-reactive ketones (excluding diaryl/α,β-unsaturated/α-hetero) is 1. The van der Waals surface area contributed by atoms with Crippen molar-refractivity contribution >= 4 is 11.8 Å². The normalized spacial score (nSPS) is 44.8. The molecule has 154 valence electrons. The minimum atomic E-state index is -1.02. The van der Waals surface area contributed by atoms with Crippen LogP contribution in [-0.2, 0) is 19.1 Å². The summed E-state index contributed by atoms with van der Waals surface area (Å²) >= 11 is 0. The predicted octanol–water partition coefficient (Wildman–Crippen LogP) is 3.66. The second kappa shape index (κ2) is 6.55. The number of hydrogen-bond donors (Lipinski definition) is 1. The molecule has 0 aromatic carbocycles. The summed E-state index contributed by atoms with van der Waals surface area (Å²) in [5.74, 6) is 0.122. The van der Waals surface area contributed by atoms with Crippen LogP contribution < -0.4 is 0 Å². The van der Waals surface area contributed by atoms with Crippen LogP contribution in [0.2, 0.25) is 0 Å². The molecule has 3 aliphatic rings. The third-order valence-corrected chi connectivity index (χ3v) is 7.94. The average molecular weight is 381 g/mol. The van der Waals surface area contributed by atoms with Gasteiger partial charge in [0.25, 0.3) is 0 Å². The van der Waals surface area contributed by atoms with E-state index in [1.54, 1.807) is 6.92 Å². The Labute approximate surface area is 163 Å². The highest BCUT2D eigenvalue weighted by Crippen LogP contribution is 2.64. The van der Waals surface area contributed by atoms with E-state index in [-0.39, 0.29) is 35.6 Å². The van der Waals surface area contributed by atoms with Crippen molar-refractivity contribution in [1.82, 2.24) is 0 Å². The predicted molar refractivity (Wildman–Crippen MR) is 102 cm³/mol. The van der Waals surface area contributed by atoms with Gasteiger partial charge in [0.05, 0.1) is 11.5 Å². The summed E-state index contributed by atoms with van der Waals surface area (Å²) in [5.41, 5.74) is -1.43. The highest BCUT2D eigenvalue weighted by Gasteiger charge is 2.65. The molecular weight excluding hydrogens is 344 g/mol. The number of aliphatic hydroxyl groups excluding tert-OH is 1. The summed E-state index contributed by atoms with van der Waals surface area (Å²) in [4.78, 5) is 24.6. The first-order chi connectivity index (χ1) is 12.3. The Morgan fingerprint density at radius 2 is 1.89 bits per heavy atom. The molecule has 0 aromatic rings. The zero-order chi connectivity index (χ0) is 20.3. The van der Waals surface area contributed by atoms with E-state index in [2.05, 4.69) is 27.7 Å². The van der Waals surface area contributed by atoms with Crippen LogP contribution in [0.5, 0.6) is 0 Å². The third-order valence-electron chi connectivity index (χ3n) is 7.94. The van der Waals surface area contributed by atoms with Crippen molar-refractivity contribution in [3.63, 3.8) is 0 Å². The fourth-order valence-corrected chi connectivity index (χ4v) is 6.90. The van der Waals surface area contributed by atoms with Gasteiger partial charge in [0.15, 0.2) is 0 Å². The molecule has 0 radical (unpaired) electrons. The lowest BCUT2D eigenvalue weighted by molar-refractivity contribution is -0.272. The molecular formula is C22H36O5. The molecule has 3 fully saturated rings. The van der Waals surface area contributed by atoms with Crippen LogP contribution in [0.4, 0.5) is 0 Å². The van der Waals surface area contributed by atoms with Crippen molar-refractivity contribution in [3.05, 3.63) is 0 Å². The number of rotatable bonds is 3. The van der Waals surface area contributed by atoms with Crippen molar-refractivity contribution in [3.8, 4) is 0 Å². The monoisotopic (exact) mass is 380 g/mol. The number of ether oxygens (including phenoxy) is 2. The number of fused-ring (bicyclic) bond motifs is 3. The Morgan fingerprint density at radius 1 is 1.22 bits per heavy atom. The topological polar surface area (TPSA) is 72.8 Å². The minimum Gasteiger partial charge on any atom is -0.463 e. The molecule has 1 N–H and O–H groups in total. The van der Waals surface area contributed by atoms with Gasteiger partial charge in [-0.05, 0) is 56.3 Å². The quantitative estimate of drug-likeness (QED) is 0.757. The molecule has 3 rings (SSSR count). The van der Waals surface area contributed by atoms with Gasteiger partial charge < -0.3 is 14.6 Å². The van der Waals surface area contributed by atoms with Crippen LogP contribution in [0, 0.1) is 22.7 Å². The lowest BCUT2D eigenvalue weighted by Gasteiger charge is -2.64. The maximum atomic E-state index is 13.5. The molecule has 1 aliphatic heterocycles. The summed E-state index contributed by atoms with van der Waals surface area (Å²) in [7, 11) is 0. The summed E-state index contributed by atoms with van der Waals surface area (Å²) < 4.78 is 11.5. The van der Waals surface area contributed by atoms with Gasteiger partial charge in [-0.25, -0.2) is 0 Å². The zero-order valence-electron chi connectivity index (χ0n) is 17.8. The van der Waals surface area contributed by atoms with E-state index in [0.717, 1.165) is 25.7 Å². The molecule has 5 nitrogen and oxygen atoms in total. The second-order valence-corrected chi connectivity index (χ2v) is 10.6. The van der Waals surface area contributed by atoms with Gasteiger partial charge in [0.2, 0.25) is 0 Å². The van der Waals surface area contributed by atoms with Gasteiger partial charge in [0.1, 0.15) is 24.1 Å². The van der Waals surface area contributed by atoms with E-state index in [1.165, 1.54) is 13.3 Å². The first-order valence-corrected chi connectivity index (χ1v) is 10.4. The first kappa shape index (κ1) is 20.8. The van der Waals surface area contributed by atoms with Gasteiger partial charge in [-0.3, -0.25) is 9.59 Å². The van der Waals surface area contributed by atoms with Gasteiger partial charge in [-0.2, -0.15) is 0 Å². The van der Waals surface area contributed by atoms with Crippen molar-refractivity contribution in [2.75, 3.05) is 6.61 Å². The third kappa shape index (κ3) is 3.35. The van der Waals surface area contributed by atoms with Crippen LogP contribution in [0.1, 0.15) is 80.1 Å². The van der Waals surface area contributed by atoms with Crippen LogP contribution in [-0.4, -0.2) is 40.8 Å². The number of aliphatic hydroxyl groups is 1. The number of carbonyl (C=O) groups is 2. The van der Waals surface area contributed by atoms with Crippen LogP contribution >= 0.6 is 0 Å². The van der Waals surface area contributed by atoms with Crippen LogP contribution in [0.25, 0.3) is 0 Å². The summed E-state index contributed by atoms with van der Waals surface area (Å²) in [5, 5.41) is 10.6. The molecule has 27 heavy (non-hydrogen) atoms. The summed E-state index contributed by atoms with van der Waals surface area (Å²) in [6.07, 6.45) is 4.43. The molecule has 0 aromatic heterocycles. The summed E-state index contributed by atoms with van der Waals surface area (Å²) in [6.45, 7) is 12.0. The molecule has 6 atom stereocenters. The molecule has 0 amide bonds. The largest absolute Gasteiger partial charge is 0.463 e. The molecule has 0 bridgehead atoms. The zero-order valence-corrected chi connectivity index (χ0v) is 17.8. The van der Waals surface area contributed by atoms with Crippen molar-refractivity contribution < 1.29 is 24.2 Å². The number of hydrogen-bond acceptors (Lipinski definition) is 5. The van der Waals surface area contributed by atoms with E-state index >= 15 is 0 Å². The maximum Gasteiger partial charge on any atom is 0.302 e. The van der Waals surface area contributed by atoms with E-state index in [0.29, 0.717) is 5.92 Å². The lowest BCUT2D eigenvalue weighted by atomic mass is 9.44. The fourth-order valence-electron chi connectivity index (χ4n) is 6.90. The van der Waals surface area contributed by atoms with Crippen molar-refractivity contribution in [1.29, 1.82) is 0 Å². The Balaban J connectivity index is 1.89. The Hall–Kier alpha value is -0.940. The van der Waals surface area contributed by atoms with E-state index < -0.39 is 23.3 Å². The Bertz CT molecular complexity index is 628. The van der Waals surface area contributed by atoms with Crippen molar-refractivity contribution in [2.45, 2.75) is 97.4 Å². The smallest absolute Gasteiger partial charge is 0.302 e. The Morgan fingerprint density at radius 3 is 2.52 bits per heavy atom. The first-order valence-electron chi connectivity index (χ1n) is 10.4. The standard InChI is InChI=1S/C22H36O5/c1-14(23)26-13-17(25)22(6)12-15(24)18-20(4)10-7-9-19(2,3)16(20)8-11-21(18,5)27-22/h16-18,25H,7-13H2,1-6H3/t16-,17?,18+,20-,21+,22-/m0/s1. The van der Waals surface area contributed by atoms with Crippen LogP contribution in [0.3, 0.4) is 0 Å². The highest BCUT2D eigenvalue weighted by molar-refractivity contribution is 5.85. The molecule has 1 heterocycles. The highest BCUT2D eigenvalue weighted by atomic mass is 16.6. The summed E-state index contributed by atoms with van der Waals surface area (Å²) in [6, 6.07) is 0. The van der Waals surface area contributed by atoms with Gasteiger partial charge in [-0.15, -0.1) is 0 Å². The second-order valence-electron chi connectivity index (χ2n) is 10.6. The molecule has 2 aliphatic carbocycles. The Kier molecular flexibility index (Phi) is 5.04. The minimum absolute atomic E-state index is 0.0615. The van der Waals surface area contributed by atoms with E-state index in [9.17, 15) is 14.7 Å². The molecule has 1 saturated heterocycles. The van der Waals surface area contributed by atoms with Crippen LogP contribution in [0.15, 0.2) is 0 Å². The average Bonchev–Trinajstić information content (AvgIpc) is 2.49.